The Morgan fingerprint density at radius 3 is 2.55 bits per heavy atom. The molecule has 5 nitrogen and oxygen atoms in total. The van der Waals surface area contributed by atoms with Gasteiger partial charge in [0.2, 0.25) is 0 Å². The zero-order valence-electron chi connectivity index (χ0n) is 20.0. The maximum Gasteiger partial charge on any atom is 0.303 e. The molecule has 1 aliphatic carbocycles. The summed E-state index contributed by atoms with van der Waals surface area (Å²) >= 11 is 0. The number of rotatable bonds is 7. The minimum absolute atomic E-state index is 0.0647. The van der Waals surface area contributed by atoms with Crippen molar-refractivity contribution >= 4 is 14.3 Å². The summed E-state index contributed by atoms with van der Waals surface area (Å²) in [5, 5.41) is 2.20. The highest BCUT2D eigenvalue weighted by Gasteiger charge is 2.55. The van der Waals surface area contributed by atoms with Crippen LogP contribution in [0.4, 0.5) is 0 Å². The van der Waals surface area contributed by atoms with Crippen LogP contribution in [0, 0.1) is 5.92 Å². The van der Waals surface area contributed by atoms with Crippen molar-refractivity contribution in [3.05, 3.63) is 48.6 Å². The van der Waals surface area contributed by atoms with Crippen LogP contribution < -0.4 is 0 Å². The average Bonchev–Trinajstić information content (AvgIpc) is 3.03. The van der Waals surface area contributed by atoms with E-state index in [0.29, 0.717) is 19.4 Å². The highest BCUT2D eigenvalue weighted by Crippen LogP contribution is 2.47. The average molecular weight is 446 g/mol. The van der Waals surface area contributed by atoms with Gasteiger partial charge in [0.05, 0.1) is 18.8 Å². The van der Waals surface area contributed by atoms with Crippen molar-refractivity contribution < 1.29 is 18.8 Å². The lowest BCUT2D eigenvalue weighted by Gasteiger charge is -2.49. The van der Waals surface area contributed by atoms with Gasteiger partial charge in [-0.3, -0.25) is 9.63 Å². The van der Waals surface area contributed by atoms with Gasteiger partial charge in [0.25, 0.3) is 0 Å². The van der Waals surface area contributed by atoms with Crippen LogP contribution >= 0.6 is 0 Å². The first-order chi connectivity index (χ1) is 14.5. The maximum atomic E-state index is 12.0. The standard InChI is InChI=1S/C25H39NO4Si/c1-8-14-25(29-19(2)27)15-21-18-28-26(17-20-12-10-9-11-13-20)23(21)22(16-25)30-31(6,7)24(3,4)5/h8-13,21-23H,1,14-18H2,2-7H3/t21-,22-,23+,25-/m0/s1. The SMILES string of the molecule is C=CC[C@]1(OC(C)=O)C[C@H]2CON(Cc3ccccc3)[C@H]2[C@@H](O[Si](C)(C)C(C)(C)C)C1. The Morgan fingerprint density at radius 1 is 1.29 bits per heavy atom. The molecule has 2 fully saturated rings. The number of esters is 1. The Morgan fingerprint density at radius 2 is 1.97 bits per heavy atom. The van der Waals surface area contributed by atoms with E-state index in [-0.39, 0.29) is 29.1 Å². The first-order valence-electron chi connectivity index (χ1n) is 11.4. The second-order valence-electron chi connectivity index (χ2n) is 10.7. The summed E-state index contributed by atoms with van der Waals surface area (Å²) in [5.41, 5.74) is 0.644. The molecule has 0 bridgehead atoms. The van der Waals surface area contributed by atoms with E-state index in [1.165, 1.54) is 12.5 Å². The minimum atomic E-state index is -2.05. The van der Waals surface area contributed by atoms with Gasteiger partial charge in [-0.15, -0.1) is 6.58 Å². The van der Waals surface area contributed by atoms with E-state index >= 15 is 0 Å². The van der Waals surface area contributed by atoms with E-state index in [1.54, 1.807) is 0 Å². The van der Waals surface area contributed by atoms with Crippen LogP contribution in [0.2, 0.25) is 18.1 Å². The van der Waals surface area contributed by atoms with Crippen molar-refractivity contribution in [2.24, 2.45) is 5.92 Å². The van der Waals surface area contributed by atoms with Crippen molar-refractivity contribution in [3.8, 4) is 0 Å². The molecule has 1 aliphatic heterocycles. The molecule has 1 heterocycles. The van der Waals surface area contributed by atoms with Crippen LogP contribution in [0.3, 0.4) is 0 Å². The molecule has 0 unspecified atom stereocenters. The molecule has 0 N–H and O–H groups in total. The van der Waals surface area contributed by atoms with Crippen molar-refractivity contribution in [1.29, 1.82) is 0 Å². The Balaban J connectivity index is 1.92. The van der Waals surface area contributed by atoms with Gasteiger partial charge in [0.1, 0.15) is 5.60 Å². The zero-order valence-corrected chi connectivity index (χ0v) is 21.0. The lowest BCUT2D eigenvalue weighted by Crippen LogP contribution is -2.58. The number of ether oxygens (including phenoxy) is 1. The van der Waals surface area contributed by atoms with Crippen molar-refractivity contribution in [2.75, 3.05) is 6.61 Å². The molecule has 4 atom stereocenters. The summed E-state index contributed by atoms with van der Waals surface area (Å²) in [6.07, 6.45) is 3.87. The third kappa shape index (κ3) is 5.48. The molecule has 31 heavy (non-hydrogen) atoms. The van der Waals surface area contributed by atoms with E-state index in [0.717, 1.165) is 13.0 Å². The third-order valence-electron chi connectivity index (χ3n) is 7.17. The largest absolute Gasteiger partial charge is 0.459 e. The Bertz CT molecular complexity index is 775. The van der Waals surface area contributed by atoms with Crippen LogP contribution in [0.15, 0.2) is 43.0 Å². The molecule has 0 radical (unpaired) electrons. The maximum absolute atomic E-state index is 12.0. The molecule has 1 saturated carbocycles. The quantitative estimate of drug-likeness (QED) is 0.316. The summed E-state index contributed by atoms with van der Waals surface area (Å²) in [7, 11) is -2.05. The summed E-state index contributed by atoms with van der Waals surface area (Å²) in [6.45, 7) is 18.1. The number of nitrogens with zero attached hydrogens (tertiary/aromatic N) is 1. The van der Waals surface area contributed by atoms with Crippen molar-refractivity contribution in [2.45, 2.75) is 89.4 Å². The number of hydroxylamine groups is 2. The molecule has 0 spiro atoms. The van der Waals surface area contributed by atoms with E-state index in [1.807, 2.05) is 12.1 Å². The molecule has 3 rings (SSSR count). The van der Waals surface area contributed by atoms with Crippen molar-refractivity contribution in [3.63, 3.8) is 0 Å². The highest BCUT2D eigenvalue weighted by molar-refractivity contribution is 6.74. The Labute approximate surface area is 188 Å². The van der Waals surface area contributed by atoms with Gasteiger partial charge >= 0.3 is 5.97 Å². The molecule has 0 amide bonds. The van der Waals surface area contributed by atoms with E-state index in [2.05, 4.69) is 69.8 Å². The summed E-state index contributed by atoms with van der Waals surface area (Å²) < 4.78 is 13.0. The minimum Gasteiger partial charge on any atom is -0.459 e. The van der Waals surface area contributed by atoms with Crippen LogP contribution in [0.25, 0.3) is 0 Å². The van der Waals surface area contributed by atoms with Gasteiger partial charge in [0.15, 0.2) is 8.32 Å². The van der Waals surface area contributed by atoms with Gasteiger partial charge < -0.3 is 9.16 Å². The van der Waals surface area contributed by atoms with Crippen molar-refractivity contribution in [1.82, 2.24) is 5.06 Å². The number of benzene rings is 1. The smallest absolute Gasteiger partial charge is 0.303 e. The second kappa shape index (κ2) is 9.18. The number of hydrogen-bond acceptors (Lipinski definition) is 5. The zero-order chi connectivity index (χ0) is 22.9. The molecule has 0 aromatic heterocycles. The molecule has 172 valence electrons. The number of carbonyl (C=O) groups is 1. The predicted octanol–water partition coefficient (Wildman–Crippen LogP) is 5.48. The molecule has 1 saturated heterocycles. The lowest BCUT2D eigenvalue weighted by molar-refractivity contribution is -0.181. The van der Waals surface area contributed by atoms with Crippen LogP contribution in [-0.4, -0.2) is 43.7 Å². The fourth-order valence-corrected chi connectivity index (χ4v) is 6.10. The molecular formula is C25H39NO4Si. The Hall–Kier alpha value is -1.47. The van der Waals surface area contributed by atoms with Gasteiger partial charge in [-0.25, -0.2) is 0 Å². The van der Waals surface area contributed by atoms with E-state index in [4.69, 9.17) is 14.0 Å². The molecule has 2 aliphatic rings. The second-order valence-corrected chi connectivity index (χ2v) is 15.5. The predicted molar refractivity (Wildman–Crippen MR) is 126 cm³/mol. The van der Waals surface area contributed by atoms with E-state index < -0.39 is 13.9 Å². The van der Waals surface area contributed by atoms with E-state index in [9.17, 15) is 4.79 Å². The molecule has 1 aromatic carbocycles. The Kier molecular flexibility index (Phi) is 7.16. The third-order valence-corrected chi connectivity index (χ3v) is 11.7. The first-order valence-corrected chi connectivity index (χ1v) is 14.3. The summed E-state index contributed by atoms with van der Waals surface area (Å²) in [5.74, 6) is -0.00189. The van der Waals surface area contributed by atoms with Crippen LogP contribution in [-0.2, 0) is 25.3 Å². The molecule has 6 heteroatoms. The normalized spacial score (nSPS) is 29.4. The highest BCUT2D eigenvalue weighted by atomic mass is 28.4. The van der Waals surface area contributed by atoms with Crippen LogP contribution in [0.5, 0.6) is 0 Å². The van der Waals surface area contributed by atoms with Crippen LogP contribution in [0.1, 0.15) is 52.5 Å². The number of carbonyl (C=O) groups excluding carboxylic acids is 1. The summed E-state index contributed by atoms with van der Waals surface area (Å²) in [4.78, 5) is 18.2. The molecule has 1 aromatic rings. The van der Waals surface area contributed by atoms with Gasteiger partial charge in [0, 0.05) is 32.2 Å². The van der Waals surface area contributed by atoms with Gasteiger partial charge in [-0.1, -0.05) is 57.2 Å². The summed E-state index contributed by atoms with van der Waals surface area (Å²) in [6, 6.07) is 10.5. The fraction of sp³-hybridized carbons (Fsp3) is 0.640. The lowest BCUT2D eigenvalue weighted by atomic mass is 9.72. The van der Waals surface area contributed by atoms with Gasteiger partial charge in [-0.2, -0.15) is 5.06 Å². The monoisotopic (exact) mass is 445 g/mol. The topological polar surface area (TPSA) is 48.0 Å². The van der Waals surface area contributed by atoms with Gasteiger partial charge in [-0.05, 0) is 30.1 Å². The molecular weight excluding hydrogens is 406 g/mol. The fourth-order valence-electron chi connectivity index (χ4n) is 4.77. The number of fused-ring (bicyclic) bond motifs is 1. The number of hydrogen-bond donors (Lipinski definition) is 0. The first kappa shape index (κ1) is 24.2.